The summed E-state index contributed by atoms with van der Waals surface area (Å²) in [6.07, 6.45) is 1.79. The first kappa shape index (κ1) is 14.5. The van der Waals surface area contributed by atoms with Gasteiger partial charge in [0.2, 0.25) is 10.0 Å². The van der Waals surface area contributed by atoms with Gasteiger partial charge in [0.1, 0.15) is 4.90 Å². The van der Waals surface area contributed by atoms with Crippen LogP contribution in [0.4, 0.5) is 5.69 Å². The summed E-state index contributed by atoms with van der Waals surface area (Å²) in [5.41, 5.74) is 5.99. The number of halogens is 1. The average Bonchev–Trinajstić information content (AvgIpc) is 2.28. The zero-order valence-corrected chi connectivity index (χ0v) is 12.4. The molecule has 0 saturated heterocycles. The summed E-state index contributed by atoms with van der Waals surface area (Å²) in [6, 6.07) is 4.85. The Morgan fingerprint density at radius 1 is 1.41 bits per heavy atom. The van der Waals surface area contributed by atoms with Crippen molar-refractivity contribution in [3.63, 3.8) is 0 Å². The predicted octanol–water partition coefficient (Wildman–Crippen LogP) is 2.45. The molecule has 0 heterocycles. The van der Waals surface area contributed by atoms with Gasteiger partial charge in [-0.2, -0.15) is 0 Å². The standard InChI is InChI=1S/C11H17BrN2O2S/c1-3-4-7-14(2)17(15,16)11-8-9(12)5-6-10(11)13/h5-6,8H,3-4,7,13H2,1-2H3. The van der Waals surface area contributed by atoms with Crippen LogP contribution in [-0.2, 0) is 10.0 Å². The number of nitrogens with zero attached hydrogens (tertiary/aromatic N) is 1. The van der Waals surface area contributed by atoms with Crippen molar-refractivity contribution in [1.29, 1.82) is 0 Å². The minimum Gasteiger partial charge on any atom is -0.398 e. The molecule has 6 heteroatoms. The maximum absolute atomic E-state index is 12.2. The Morgan fingerprint density at radius 2 is 2.06 bits per heavy atom. The molecule has 1 rings (SSSR count). The van der Waals surface area contributed by atoms with Crippen LogP contribution in [0, 0.1) is 0 Å². The lowest BCUT2D eigenvalue weighted by molar-refractivity contribution is 0.459. The van der Waals surface area contributed by atoms with E-state index < -0.39 is 10.0 Å². The highest BCUT2D eigenvalue weighted by Crippen LogP contribution is 2.25. The van der Waals surface area contributed by atoms with E-state index in [0.29, 0.717) is 11.0 Å². The molecule has 4 nitrogen and oxygen atoms in total. The fourth-order valence-corrected chi connectivity index (χ4v) is 3.26. The Labute approximate surface area is 111 Å². The van der Waals surface area contributed by atoms with Gasteiger partial charge in [-0.15, -0.1) is 0 Å². The molecule has 0 unspecified atom stereocenters. The Morgan fingerprint density at radius 3 is 2.65 bits per heavy atom. The number of hydrogen-bond donors (Lipinski definition) is 1. The molecule has 17 heavy (non-hydrogen) atoms. The van der Waals surface area contributed by atoms with Crippen LogP contribution in [0.15, 0.2) is 27.6 Å². The first-order valence-corrected chi connectivity index (χ1v) is 7.64. The fourth-order valence-electron chi connectivity index (χ4n) is 1.40. The lowest BCUT2D eigenvalue weighted by atomic mass is 10.3. The van der Waals surface area contributed by atoms with E-state index >= 15 is 0 Å². The molecule has 0 aliphatic heterocycles. The molecule has 2 N–H and O–H groups in total. The molecule has 0 saturated carbocycles. The molecular weight excluding hydrogens is 304 g/mol. The first-order chi connectivity index (χ1) is 7.89. The monoisotopic (exact) mass is 320 g/mol. The van der Waals surface area contributed by atoms with Crippen LogP contribution in [0.2, 0.25) is 0 Å². The number of sulfonamides is 1. The van der Waals surface area contributed by atoms with Crippen molar-refractivity contribution in [1.82, 2.24) is 4.31 Å². The number of anilines is 1. The number of benzene rings is 1. The second-order valence-electron chi connectivity index (χ2n) is 3.86. The topological polar surface area (TPSA) is 63.4 Å². The van der Waals surface area contributed by atoms with Crippen molar-refractivity contribution in [2.45, 2.75) is 24.7 Å². The molecule has 0 aliphatic rings. The SMILES string of the molecule is CCCCN(C)S(=O)(=O)c1cc(Br)ccc1N. The molecule has 0 spiro atoms. The van der Waals surface area contributed by atoms with Crippen LogP contribution in [0.1, 0.15) is 19.8 Å². The maximum Gasteiger partial charge on any atom is 0.244 e. The van der Waals surface area contributed by atoms with Crippen molar-refractivity contribution in [2.75, 3.05) is 19.3 Å². The van der Waals surface area contributed by atoms with E-state index in [1.807, 2.05) is 6.92 Å². The smallest absolute Gasteiger partial charge is 0.244 e. The number of nitrogen functional groups attached to an aromatic ring is 1. The van der Waals surface area contributed by atoms with E-state index in [4.69, 9.17) is 5.73 Å². The molecule has 1 aromatic rings. The molecule has 0 fully saturated rings. The van der Waals surface area contributed by atoms with E-state index in [9.17, 15) is 8.42 Å². The quantitative estimate of drug-likeness (QED) is 0.847. The highest BCUT2D eigenvalue weighted by Gasteiger charge is 2.22. The van der Waals surface area contributed by atoms with Crippen LogP contribution in [0.3, 0.4) is 0 Å². The van der Waals surface area contributed by atoms with Crippen molar-refractivity contribution >= 4 is 31.6 Å². The Hall–Kier alpha value is -0.590. The Bertz CT molecular complexity index is 488. The number of hydrogen-bond acceptors (Lipinski definition) is 3. The van der Waals surface area contributed by atoms with Crippen LogP contribution in [0.25, 0.3) is 0 Å². The number of unbranched alkanes of at least 4 members (excludes halogenated alkanes) is 1. The predicted molar refractivity (Wildman–Crippen MR) is 73.3 cm³/mol. The third-order valence-electron chi connectivity index (χ3n) is 2.49. The maximum atomic E-state index is 12.2. The lowest BCUT2D eigenvalue weighted by Gasteiger charge is -2.18. The van der Waals surface area contributed by atoms with E-state index in [2.05, 4.69) is 15.9 Å². The van der Waals surface area contributed by atoms with Gasteiger partial charge in [0.15, 0.2) is 0 Å². The number of rotatable bonds is 5. The lowest BCUT2D eigenvalue weighted by Crippen LogP contribution is -2.28. The molecule has 1 aromatic carbocycles. The van der Waals surface area contributed by atoms with Crippen molar-refractivity contribution in [3.8, 4) is 0 Å². The van der Waals surface area contributed by atoms with E-state index in [1.165, 1.54) is 10.4 Å². The summed E-state index contributed by atoms with van der Waals surface area (Å²) < 4.78 is 26.5. The fraction of sp³-hybridized carbons (Fsp3) is 0.455. The largest absolute Gasteiger partial charge is 0.398 e. The summed E-state index contributed by atoms with van der Waals surface area (Å²) in [4.78, 5) is 0.158. The number of nitrogens with two attached hydrogens (primary N) is 1. The molecule has 0 aromatic heterocycles. The van der Waals surface area contributed by atoms with Crippen LogP contribution >= 0.6 is 15.9 Å². The summed E-state index contributed by atoms with van der Waals surface area (Å²) in [5, 5.41) is 0. The second kappa shape index (κ2) is 5.84. The van der Waals surface area contributed by atoms with Gasteiger partial charge in [0, 0.05) is 18.1 Å². The van der Waals surface area contributed by atoms with Crippen LogP contribution in [-0.4, -0.2) is 26.3 Å². The minimum atomic E-state index is -3.49. The second-order valence-corrected chi connectivity index (χ2v) is 6.79. The van der Waals surface area contributed by atoms with Gasteiger partial charge >= 0.3 is 0 Å². The molecular formula is C11H17BrN2O2S. The molecule has 96 valence electrons. The van der Waals surface area contributed by atoms with Gasteiger partial charge < -0.3 is 5.73 Å². The van der Waals surface area contributed by atoms with Crippen molar-refractivity contribution < 1.29 is 8.42 Å². The third kappa shape index (κ3) is 3.43. The highest BCUT2D eigenvalue weighted by atomic mass is 79.9. The summed E-state index contributed by atoms with van der Waals surface area (Å²) in [5.74, 6) is 0. The Balaban J connectivity index is 3.08. The summed E-state index contributed by atoms with van der Waals surface area (Å²) in [7, 11) is -1.91. The third-order valence-corrected chi connectivity index (χ3v) is 4.90. The Kier molecular flexibility index (Phi) is 4.97. The average molecular weight is 321 g/mol. The zero-order valence-electron chi connectivity index (χ0n) is 9.98. The van der Waals surface area contributed by atoms with Crippen molar-refractivity contribution in [3.05, 3.63) is 22.7 Å². The van der Waals surface area contributed by atoms with Gasteiger partial charge in [0.05, 0.1) is 5.69 Å². The summed E-state index contributed by atoms with van der Waals surface area (Å²) in [6.45, 7) is 2.53. The highest BCUT2D eigenvalue weighted by molar-refractivity contribution is 9.10. The normalized spacial score (nSPS) is 12.0. The van der Waals surface area contributed by atoms with E-state index in [-0.39, 0.29) is 10.6 Å². The van der Waals surface area contributed by atoms with Gasteiger partial charge in [-0.05, 0) is 24.6 Å². The van der Waals surface area contributed by atoms with E-state index in [1.54, 1.807) is 19.2 Å². The molecule has 0 amide bonds. The summed E-state index contributed by atoms with van der Waals surface area (Å²) >= 11 is 3.25. The van der Waals surface area contributed by atoms with Gasteiger partial charge in [-0.25, -0.2) is 12.7 Å². The van der Waals surface area contributed by atoms with Crippen LogP contribution in [0.5, 0.6) is 0 Å². The van der Waals surface area contributed by atoms with E-state index in [0.717, 1.165) is 12.8 Å². The molecule has 0 atom stereocenters. The van der Waals surface area contributed by atoms with Gasteiger partial charge in [0.25, 0.3) is 0 Å². The van der Waals surface area contributed by atoms with Gasteiger partial charge in [-0.1, -0.05) is 29.3 Å². The minimum absolute atomic E-state index is 0.158. The van der Waals surface area contributed by atoms with Crippen LogP contribution < -0.4 is 5.73 Å². The first-order valence-electron chi connectivity index (χ1n) is 5.41. The van der Waals surface area contributed by atoms with Crippen molar-refractivity contribution in [2.24, 2.45) is 0 Å². The zero-order chi connectivity index (χ0) is 13.1. The molecule has 0 bridgehead atoms. The molecule has 0 aliphatic carbocycles. The molecule has 0 radical (unpaired) electrons. The van der Waals surface area contributed by atoms with Gasteiger partial charge in [-0.3, -0.25) is 0 Å².